The molecule has 2 rings (SSSR count). The van der Waals surface area contributed by atoms with Gasteiger partial charge >= 0.3 is 5.69 Å². The van der Waals surface area contributed by atoms with Gasteiger partial charge in [-0.05, 0) is 37.2 Å². The van der Waals surface area contributed by atoms with Gasteiger partial charge in [0.1, 0.15) is 6.54 Å². The number of nitrogens with one attached hydrogen (secondary N) is 2. The fourth-order valence-corrected chi connectivity index (χ4v) is 3.56. The number of amides is 2. The molecule has 134 valence electrons. The number of likely N-dealkylation sites (tertiary alicyclic amines) is 1. The Morgan fingerprint density at radius 2 is 2.21 bits per heavy atom. The summed E-state index contributed by atoms with van der Waals surface area (Å²) in [5.41, 5.74) is -0.578. The summed E-state index contributed by atoms with van der Waals surface area (Å²) in [7, 11) is 0. The zero-order valence-electron chi connectivity index (χ0n) is 14.0. The molecule has 0 aliphatic carbocycles. The molecule has 1 saturated heterocycles. The molecule has 0 radical (unpaired) electrons. The first kappa shape index (κ1) is 18.5. The number of thioether (sulfide) groups is 1. The van der Waals surface area contributed by atoms with Crippen molar-refractivity contribution in [2.45, 2.75) is 50.9 Å². The molecule has 1 aliphatic heterocycles. The van der Waals surface area contributed by atoms with Gasteiger partial charge in [-0.15, -0.1) is 11.8 Å². The molecule has 0 aromatic carbocycles. The standard InChI is InChI=1S/C14H24N6O3S/c1-3-24-10(2)13(22)19-7-4-5-11(6-8-19)15-12(21)9-20-17-14(23)16-18-20/h10-11H,3-9H2,1-2H3,(H,15,21)(H,17,23). The fourth-order valence-electron chi connectivity index (χ4n) is 2.77. The predicted octanol–water partition coefficient (Wildman–Crippen LogP) is -0.395. The van der Waals surface area contributed by atoms with Crippen LogP contribution in [-0.2, 0) is 16.1 Å². The number of aromatic amines is 1. The molecule has 2 heterocycles. The Kier molecular flexibility index (Phi) is 6.83. The fraction of sp³-hybridized carbons (Fsp3) is 0.786. The number of hydrogen-bond acceptors (Lipinski definition) is 6. The summed E-state index contributed by atoms with van der Waals surface area (Å²) in [4.78, 5) is 38.3. The number of tetrazole rings is 1. The lowest BCUT2D eigenvalue weighted by atomic mass is 10.1. The summed E-state index contributed by atoms with van der Waals surface area (Å²) in [5.74, 6) is 0.869. The topological polar surface area (TPSA) is 113 Å². The average Bonchev–Trinajstić information content (AvgIpc) is 2.81. The molecule has 1 aromatic heterocycles. The highest BCUT2D eigenvalue weighted by Crippen LogP contribution is 2.17. The first-order valence-corrected chi connectivity index (χ1v) is 9.24. The van der Waals surface area contributed by atoms with Gasteiger partial charge < -0.3 is 10.2 Å². The molecular weight excluding hydrogens is 332 g/mol. The minimum atomic E-state index is -0.578. The third-order valence-electron chi connectivity index (χ3n) is 3.93. The van der Waals surface area contributed by atoms with Crippen LogP contribution >= 0.6 is 11.8 Å². The molecule has 2 amide bonds. The Morgan fingerprint density at radius 1 is 1.42 bits per heavy atom. The van der Waals surface area contributed by atoms with E-state index < -0.39 is 5.69 Å². The van der Waals surface area contributed by atoms with Crippen molar-refractivity contribution in [3.05, 3.63) is 10.5 Å². The van der Waals surface area contributed by atoms with Crippen molar-refractivity contribution in [3.8, 4) is 0 Å². The highest BCUT2D eigenvalue weighted by atomic mass is 32.2. The van der Waals surface area contributed by atoms with Crippen LogP contribution in [0.1, 0.15) is 33.1 Å². The maximum absolute atomic E-state index is 12.4. The number of rotatable bonds is 6. The molecular formula is C14H24N6O3S. The molecule has 0 bridgehead atoms. The lowest BCUT2D eigenvalue weighted by molar-refractivity contribution is -0.130. The van der Waals surface area contributed by atoms with Crippen LogP contribution in [0.3, 0.4) is 0 Å². The van der Waals surface area contributed by atoms with Crippen LogP contribution in [0.5, 0.6) is 0 Å². The van der Waals surface area contributed by atoms with Crippen molar-refractivity contribution >= 4 is 23.6 Å². The van der Waals surface area contributed by atoms with Crippen molar-refractivity contribution in [3.63, 3.8) is 0 Å². The van der Waals surface area contributed by atoms with Crippen molar-refractivity contribution in [2.75, 3.05) is 18.8 Å². The third kappa shape index (κ3) is 5.36. The monoisotopic (exact) mass is 356 g/mol. The number of carbonyl (C=O) groups is 2. The number of nitrogens with zero attached hydrogens (tertiary/aromatic N) is 4. The molecule has 10 heteroatoms. The maximum atomic E-state index is 12.4. The first-order chi connectivity index (χ1) is 11.5. The molecule has 1 aliphatic rings. The van der Waals surface area contributed by atoms with Gasteiger partial charge in [0.05, 0.1) is 5.25 Å². The van der Waals surface area contributed by atoms with E-state index in [9.17, 15) is 14.4 Å². The van der Waals surface area contributed by atoms with E-state index in [0.29, 0.717) is 6.54 Å². The number of carbonyl (C=O) groups excluding carboxylic acids is 2. The van der Waals surface area contributed by atoms with Gasteiger partial charge in [0.25, 0.3) is 0 Å². The second kappa shape index (κ2) is 8.86. The average molecular weight is 356 g/mol. The van der Waals surface area contributed by atoms with E-state index in [1.165, 1.54) is 0 Å². The smallest absolute Gasteiger partial charge is 0.352 e. The van der Waals surface area contributed by atoms with E-state index in [2.05, 4.69) is 20.7 Å². The highest BCUT2D eigenvalue weighted by Gasteiger charge is 2.24. The van der Waals surface area contributed by atoms with E-state index in [1.54, 1.807) is 11.8 Å². The number of aromatic nitrogens is 4. The quantitative estimate of drug-likeness (QED) is 0.717. The van der Waals surface area contributed by atoms with E-state index in [0.717, 1.165) is 36.4 Å². The lowest BCUT2D eigenvalue weighted by Gasteiger charge is -2.24. The van der Waals surface area contributed by atoms with Gasteiger partial charge in [0, 0.05) is 19.1 Å². The summed E-state index contributed by atoms with van der Waals surface area (Å²) in [6.45, 7) is 5.30. The van der Waals surface area contributed by atoms with Crippen molar-refractivity contribution in [1.82, 2.24) is 30.4 Å². The second-order valence-corrected chi connectivity index (χ2v) is 7.40. The Balaban J connectivity index is 1.81. The molecule has 9 nitrogen and oxygen atoms in total. The highest BCUT2D eigenvalue weighted by molar-refractivity contribution is 8.00. The van der Waals surface area contributed by atoms with E-state index in [1.807, 2.05) is 18.7 Å². The van der Waals surface area contributed by atoms with Gasteiger partial charge in [-0.1, -0.05) is 12.0 Å². The van der Waals surface area contributed by atoms with Crippen molar-refractivity contribution in [1.29, 1.82) is 0 Å². The van der Waals surface area contributed by atoms with E-state index in [4.69, 9.17) is 0 Å². The zero-order chi connectivity index (χ0) is 17.5. The van der Waals surface area contributed by atoms with Gasteiger partial charge in [0.2, 0.25) is 11.8 Å². The normalized spacial score (nSPS) is 19.6. The summed E-state index contributed by atoms with van der Waals surface area (Å²) in [6, 6.07) is 0.0275. The lowest BCUT2D eigenvalue weighted by Crippen LogP contribution is -2.40. The van der Waals surface area contributed by atoms with Gasteiger partial charge in [0.15, 0.2) is 0 Å². The molecule has 2 unspecified atom stereocenters. The summed E-state index contributed by atoms with van der Waals surface area (Å²) in [5, 5.41) is 12.0. The van der Waals surface area contributed by atoms with Crippen LogP contribution in [0.25, 0.3) is 0 Å². The van der Waals surface area contributed by atoms with Gasteiger partial charge in [-0.2, -0.15) is 4.80 Å². The van der Waals surface area contributed by atoms with Gasteiger partial charge in [-0.3, -0.25) is 9.59 Å². The van der Waals surface area contributed by atoms with Crippen LogP contribution in [0, 0.1) is 0 Å². The zero-order valence-corrected chi connectivity index (χ0v) is 14.8. The molecule has 0 saturated carbocycles. The van der Waals surface area contributed by atoms with Crippen LogP contribution in [0.15, 0.2) is 4.79 Å². The minimum absolute atomic E-state index is 0.0229. The Hall–Kier alpha value is -1.84. The molecule has 2 atom stereocenters. The summed E-state index contributed by atoms with van der Waals surface area (Å²) >= 11 is 1.65. The van der Waals surface area contributed by atoms with Crippen LogP contribution < -0.4 is 11.0 Å². The largest absolute Gasteiger partial charge is 0.381 e. The van der Waals surface area contributed by atoms with Crippen LogP contribution in [-0.4, -0.2) is 67.1 Å². The number of hydrogen-bond donors (Lipinski definition) is 2. The van der Waals surface area contributed by atoms with E-state index in [-0.39, 0.29) is 29.7 Å². The molecule has 1 aromatic rings. The predicted molar refractivity (Wildman–Crippen MR) is 90.6 cm³/mol. The van der Waals surface area contributed by atoms with E-state index >= 15 is 0 Å². The summed E-state index contributed by atoms with van der Waals surface area (Å²) < 4.78 is 0. The van der Waals surface area contributed by atoms with Crippen LogP contribution in [0.4, 0.5) is 0 Å². The number of H-pyrrole nitrogens is 1. The van der Waals surface area contributed by atoms with Gasteiger partial charge in [-0.25, -0.2) is 9.89 Å². The molecule has 24 heavy (non-hydrogen) atoms. The van der Waals surface area contributed by atoms with Crippen molar-refractivity contribution in [2.24, 2.45) is 0 Å². The Labute approximate surface area is 144 Å². The third-order valence-corrected chi connectivity index (χ3v) is 4.97. The Bertz CT molecular complexity index is 616. The van der Waals surface area contributed by atoms with Crippen LogP contribution in [0.2, 0.25) is 0 Å². The second-order valence-electron chi connectivity index (χ2n) is 5.78. The first-order valence-electron chi connectivity index (χ1n) is 8.19. The minimum Gasteiger partial charge on any atom is -0.352 e. The SMILES string of the molecule is CCSC(C)C(=O)N1CCCC(NC(=O)Cn2nnc(=O)[nH]2)CC1. The summed E-state index contributed by atoms with van der Waals surface area (Å²) in [6.07, 6.45) is 2.42. The molecule has 0 spiro atoms. The molecule has 1 fully saturated rings. The molecule has 2 N–H and O–H groups in total. The Morgan fingerprint density at radius 3 is 2.88 bits per heavy atom. The maximum Gasteiger partial charge on any atom is 0.381 e. The van der Waals surface area contributed by atoms with Crippen molar-refractivity contribution < 1.29 is 9.59 Å².